The molecule has 1 aromatic heterocycles. The summed E-state index contributed by atoms with van der Waals surface area (Å²) in [4.78, 5) is 10.7. The fraction of sp³-hybridized carbons (Fsp3) is 0.636. The first-order chi connectivity index (χ1) is 7.79. The first kappa shape index (κ1) is 11.0. The standard InChI is InChI=1S/C11H18N4O/c1-3-10-13-7-9(16-10)8-14-11-12-5-4-6-15(11)2/h7H,3-6,8H2,1-2H3,(H,12,14). The molecule has 2 rings (SSSR count). The monoisotopic (exact) mass is 222 g/mol. The number of nitrogens with zero attached hydrogens (tertiary/aromatic N) is 3. The Balaban J connectivity index is 1.89. The molecule has 2 heterocycles. The Labute approximate surface area is 95.6 Å². The number of hydrogen-bond donors (Lipinski definition) is 1. The van der Waals surface area contributed by atoms with Crippen molar-refractivity contribution in [3.05, 3.63) is 17.8 Å². The van der Waals surface area contributed by atoms with Crippen molar-refractivity contribution in [1.82, 2.24) is 15.2 Å². The second-order valence-corrected chi connectivity index (χ2v) is 3.91. The lowest BCUT2D eigenvalue weighted by Crippen LogP contribution is -2.41. The molecular weight excluding hydrogens is 204 g/mol. The fourth-order valence-electron chi connectivity index (χ4n) is 1.67. The molecule has 0 spiro atoms. The van der Waals surface area contributed by atoms with Gasteiger partial charge in [0.2, 0.25) is 0 Å². The molecular formula is C11H18N4O. The molecule has 0 saturated carbocycles. The van der Waals surface area contributed by atoms with E-state index in [1.807, 2.05) is 14.0 Å². The third-order valence-electron chi connectivity index (χ3n) is 2.60. The summed E-state index contributed by atoms with van der Waals surface area (Å²) in [5, 5.41) is 3.27. The molecule has 0 aliphatic carbocycles. The quantitative estimate of drug-likeness (QED) is 0.829. The number of rotatable bonds is 3. The van der Waals surface area contributed by atoms with E-state index in [9.17, 15) is 0 Å². The minimum Gasteiger partial charge on any atom is -0.444 e. The van der Waals surface area contributed by atoms with Crippen LogP contribution >= 0.6 is 0 Å². The van der Waals surface area contributed by atoms with Gasteiger partial charge in [0.05, 0.1) is 12.7 Å². The van der Waals surface area contributed by atoms with E-state index < -0.39 is 0 Å². The Morgan fingerprint density at radius 3 is 3.12 bits per heavy atom. The van der Waals surface area contributed by atoms with Gasteiger partial charge in [-0.3, -0.25) is 4.99 Å². The third kappa shape index (κ3) is 2.53. The largest absolute Gasteiger partial charge is 0.444 e. The number of aromatic nitrogens is 1. The topological polar surface area (TPSA) is 53.7 Å². The number of hydrogen-bond acceptors (Lipinski definition) is 5. The highest BCUT2D eigenvalue weighted by molar-refractivity contribution is 5.80. The van der Waals surface area contributed by atoms with E-state index in [0.29, 0.717) is 6.54 Å². The van der Waals surface area contributed by atoms with Gasteiger partial charge in [-0.2, -0.15) is 0 Å². The molecule has 0 saturated heterocycles. The summed E-state index contributed by atoms with van der Waals surface area (Å²) in [6.07, 6.45) is 3.74. The summed E-state index contributed by atoms with van der Waals surface area (Å²) >= 11 is 0. The first-order valence-corrected chi connectivity index (χ1v) is 5.72. The molecule has 5 heteroatoms. The van der Waals surface area contributed by atoms with Crippen molar-refractivity contribution >= 4 is 5.96 Å². The van der Waals surface area contributed by atoms with E-state index in [-0.39, 0.29) is 0 Å². The van der Waals surface area contributed by atoms with Crippen LogP contribution in [0.4, 0.5) is 0 Å². The number of aliphatic imine (C=N–C) groups is 1. The highest BCUT2D eigenvalue weighted by Crippen LogP contribution is 2.04. The summed E-state index contributed by atoms with van der Waals surface area (Å²) in [5.41, 5.74) is 0. The molecule has 88 valence electrons. The summed E-state index contributed by atoms with van der Waals surface area (Å²) in [7, 11) is 2.04. The van der Waals surface area contributed by atoms with Crippen LogP contribution in [-0.2, 0) is 13.0 Å². The minimum absolute atomic E-state index is 0.649. The molecule has 16 heavy (non-hydrogen) atoms. The van der Waals surface area contributed by atoms with Crippen LogP contribution in [0.15, 0.2) is 15.6 Å². The molecule has 1 N–H and O–H groups in total. The van der Waals surface area contributed by atoms with Crippen molar-refractivity contribution in [2.24, 2.45) is 4.99 Å². The second kappa shape index (κ2) is 5.01. The average Bonchev–Trinajstić information content (AvgIpc) is 2.76. The molecule has 0 radical (unpaired) electrons. The normalized spacial score (nSPS) is 16.1. The third-order valence-corrected chi connectivity index (χ3v) is 2.60. The molecule has 0 aromatic carbocycles. The molecule has 0 unspecified atom stereocenters. The molecule has 0 amide bonds. The van der Waals surface area contributed by atoms with Crippen molar-refractivity contribution in [2.45, 2.75) is 26.3 Å². The molecule has 1 aliphatic rings. The van der Waals surface area contributed by atoms with Crippen molar-refractivity contribution in [2.75, 3.05) is 20.1 Å². The smallest absolute Gasteiger partial charge is 0.194 e. The maximum absolute atomic E-state index is 5.51. The Hall–Kier alpha value is -1.52. The Kier molecular flexibility index (Phi) is 3.44. The van der Waals surface area contributed by atoms with Crippen LogP contribution < -0.4 is 5.32 Å². The summed E-state index contributed by atoms with van der Waals surface area (Å²) in [5.74, 6) is 2.59. The predicted molar refractivity (Wildman–Crippen MR) is 62.3 cm³/mol. The predicted octanol–water partition coefficient (Wildman–Crippen LogP) is 1.02. The minimum atomic E-state index is 0.649. The molecule has 1 aromatic rings. The van der Waals surface area contributed by atoms with Crippen LogP contribution in [0, 0.1) is 0 Å². The van der Waals surface area contributed by atoms with Gasteiger partial charge in [-0.1, -0.05) is 6.92 Å². The second-order valence-electron chi connectivity index (χ2n) is 3.91. The van der Waals surface area contributed by atoms with Crippen LogP contribution in [0.1, 0.15) is 25.0 Å². The molecule has 1 aliphatic heterocycles. The van der Waals surface area contributed by atoms with Gasteiger partial charge in [0.1, 0.15) is 5.76 Å². The van der Waals surface area contributed by atoms with Gasteiger partial charge in [-0.25, -0.2) is 4.98 Å². The lowest BCUT2D eigenvalue weighted by molar-refractivity contribution is 0.426. The van der Waals surface area contributed by atoms with Gasteiger partial charge in [-0.05, 0) is 6.42 Å². The number of guanidine groups is 1. The SMILES string of the molecule is CCc1ncc(CNC2=NCCCN2C)o1. The van der Waals surface area contributed by atoms with E-state index in [4.69, 9.17) is 4.42 Å². The molecule has 0 atom stereocenters. The highest BCUT2D eigenvalue weighted by atomic mass is 16.4. The van der Waals surface area contributed by atoms with Crippen molar-refractivity contribution in [1.29, 1.82) is 0 Å². The van der Waals surface area contributed by atoms with Gasteiger partial charge in [0.15, 0.2) is 11.9 Å². The van der Waals surface area contributed by atoms with Gasteiger partial charge in [0.25, 0.3) is 0 Å². The zero-order valence-electron chi connectivity index (χ0n) is 9.86. The van der Waals surface area contributed by atoms with Gasteiger partial charge in [-0.15, -0.1) is 0 Å². The molecule has 0 bridgehead atoms. The zero-order chi connectivity index (χ0) is 11.4. The first-order valence-electron chi connectivity index (χ1n) is 5.72. The van der Waals surface area contributed by atoms with Crippen LogP contribution in [-0.4, -0.2) is 36.0 Å². The van der Waals surface area contributed by atoms with Crippen molar-refractivity contribution in [3.63, 3.8) is 0 Å². The summed E-state index contributed by atoms with van der Waals surface area (Å²) < 4.78 is 5.51. The van der Waals surface area contributed by atoms with E-state index in [2.05, 4.69) is 20.2 Å². The van der Waals surface area contributed by atoms with Crippen LogP contribution in [0.2, 0.25) is 0 Å². The Bertz CT molecular complexity index is 372. The fourth-order valence-corrected chi connectivity index (χ4v) is 1.67. The number of nitrogens with one attached hydrogen (secondary N) is 1. The van der Waals surface area contributed by atoms with Gasteiger partial charge >= 0.3 is 0 Å². The maximum atomic E-state index is 5.51. The van der Waals surface area contributed by atoms with E-state index in [0.717, 1.165) is 43.5 Å². The van der Waals surface area contributed by atoms with E-state index in [1.54, 1.807) is 6.20 Å². The molecule has 5 nitrogen and oxygen atoms in total. The van der Waals surface area contributed by atoms with Crippen molar-refractivity contribution < 1.29 is 4.42 Å². The van der Waals surface area contributed by atoms with Crippen molar-refractivity contribution in [3.8, 4) is 0 Å². The summed E-state index contributed by atoms with van der Waals surface area (Å²) in [6, 6.07) is 0. The maximum Gasteiger partial charge on any atom is 0.194 e. The average molecular weight is 222 g/mol. The van der Waals surface area contributed by atoms with Crippen LogP contribution in [0.25, 0.3) is 0 Å². The number of oxazole rings is 1. The number of aryl methyl sites for hydroxylation is 1. The Morgan fingerprint density at radius 1 is 1.56 bits per heavy atom. The van der Waals surface area contributed by atoms with E-state index >= 15 is 0 Å². The lowest BCUT2D eigenvalue weighted by Gasteiger charge is -2.25. The highest BCUT2D eigenvalue weighted by Gasteiger charge is 2.11. The summed E-state index contributed by atoms with van der Waals surface area (Å²) in [6.45, 7) is 4.64. The molecule has 0 fully saturated rings. The van der Waals surface area contributed by atoms with Gasteiger partial charge < -0.3 is 14.6 Å². The van der Waals surface area contributed by atoms with E-state index in [1.165, 1.54) is 0 Å². The van der Waals surface area contributed by atoms with Gasteiger partial charge in [0, 0.05) is 26.6 Å². The Morgan fingerprint density at radius 2 is 2.44 bits per heavy atom. The van der Waals surface area contributed by atoms with Crippen LogP contribution in [0.5, 0.6) is 0 Å². The lowest BCUT2D eigenvalue weighted by atomic mass is 10.3. The van der Waals surface area contributed by atoms with Crippen LogP contribution in [0.3, 0.4) is 0 Å². The zero-order valence-corrected chi connectivity index (χ0v) is 9.86.